The van der Waals surface area contributed by atoms with Gasteiger partial charge in [-0.1, -0.05) is 146 Å². The van der Waals surface area contributed by atoms with Crippen molar-refractivity contribution in [1.29, 1.82) is 0 Å². The lowest BCUT2D eigenvalue weighted by Crippen LogP contribution is -2.12. The molecular weight excluding hydrogens is 897 g/mol. The van der Waals surface area contributed by atoms with Crippen molar-refractivity contribution in [2.75, 3.05) is 0 Å². The minimum Gasteiger partial charge on any atom is -0.140 e. The Labute approximate surface area is 428 Å². The molecule has 0 spiro atoms. The molecule has 0 aliphatic heterocycles. The molecule has 0 unspecified atom stereocenters. The molecule has 0 aliphatic carbocycles. The summed E-state index contributed by atoms with van der Waals surface area (Å²) < 4.78 is 0. The molecule has 362 valence electrons. The quantitative estimate of drug-likeness (QED) is 0.0418. The summed E-state index contributed by atoms with van der Waals surface area (Å²) in [6.07, 6.45) is 25.4. The van der Waals surface area contributed by atoms with E-state index in [1.165, 1.54) is 233 Å². The van der Waals surface area contributed by atoms with Crippen molar-refractivity contribution in [3.63, 3.8) is 0 Å². The maximum Gasteiger partial charge on any atom is 0.0358 e. The van der Waals surface area contributed by atoms with Gasteiger partial charge in [-0.25, -0.2) is 0 Å². The molecule has 0 saturated heterocycles. The van der Waals surface area contributed by atoms with Crippen LogP contribution in [0, 0.1) is 0 Å². The summed E-state index contributed by atoms with van der Waals surface area (Å²) in [5, 5.41) is 8.68. The van der Waals surface area contributed by atoms with Gasteiger partial charge in [0, 0.05) is 61.3 Å². The molecule has 0 saturated carbocycles. The predicted octanol–water partition coefficient (Wildman–Crippen LogP) is 22.6. The minimum atomic E-state index is -0.0400. The first-order valence-corrected chi connectivity index (χ1v) is 30.3. The molecule has 0 bridgehead atoms. The van der Waals surface area contributed by atoms with Gasteiger partial charge < -0.3 is 0 Å². The van der Waals surface area contributed by atoms with Gasteiger partial charge in [-0.05, 0) is 178 Å². The van der Waals surface area contributed by atoms with Gasteiger partial charge >= 0.3 is 0 Å². The van der Waals surface area contributed by atoms with E-state index in [9.17, 15) is 0 Å². The van der Waals surface area contributed by atoms with Crippen LogP contribution in [0.2, 0.25) is 0 Å². The fourth-order valence-electron chi connectivity index (χ4n) is 10.5. The molecule has 68 heavy (non-hydrogen) atoms. The third-order valence-electron chi connectivity index (χ3n) is 14.6. The van der Waals surface area contributed by atoms with Gasteiger partial charge in [0.15, 0.2) is 0 Å². The number of hydrogen-bond acceptors (Lipinski definition) is 4. The summed E-state index contributed by atoms with van der Waals surface area (Å²) in [5.74, 6) is 0. The average Bonchev–Trinajstić information content (AvgIpc) is 4.16. The third-order valence-corrected chi connectivity index (χ3v) is 19.2. The van der Waals surface area contributed by atoms with Crippen molar-refractivity contribution < 1.29 is 0 Å². The van der Waals surface area contributed by atoms with Crippen LogP contribution < -0.4 is 0 Å². The van der Waals surface area contributed by atoms with Crippen LogP contribution in [0.4, 0.5) is 0 Å². The van der Waals surface area contributed by atoms with E-state index in [4.69, 9.17) is 0 Å². The number of aryl methyl sites for hydroxylation is 4. The number of rotatable bonds is 24. The number of hydrogen-bond donors (Lipinski definition) is 0. The van der Waals surface area contributed by atoms with Gasteiger partial charge in [0.2, 0.25) is 0 Å². The van der Waals surface area contributed by atoms with Crippen LogP contribution in [0.25, 0.3) is 74.1 Å². The average molecular weight is 980 g/mol. The van der Waals surface area contributed by atoms with E-state index >= 15 is 0 Å². The second-order valence-corrected chi connectivity index (χ2v) is 26.9. The van der Waals surface area contributed by atoms with E-state index in [2.05, 4.69) is 187 Å². The van der Waals surface area contributed by atoms with Gasteiger partial charge in [0.05, 0.1) is 0 Å². The van der Waals surface area contributed by atoms with Gasteiger partial charge in [-0.3, -0.25) is 0 Å². The molecule has 0 radical (unpaired) electrons. The van der Waals surface area contributed by atoms with Gasteiger partial charge in [-0.15, -0.1) is 45.3 Å². The number of benzene rings is 4. The largest absolute Gasteiger partial charge is 0.140 e. The highest BCUT2D eigenvalue weighted by Crippen LogP contribution is 2.57. The Morgan fingerprint density at radius 1 is 0.309 bits per heavy atom. The topological polar surface area (TPSA) is 0 Å². The SMILES string of the molecule is CCCCCCc1ccc(-c2c(-c3ccc(CCCCCC)s3)c3cc(C(C)(C)C)cc4c(-c5ccc(CCCCCC)s5)c(-c5ccc(CCCCCC)s5)c5cc(C(C)(C)C)cc2c5c34)s1. The van der Waals surface area contributed by atoms with Crippen LogP contribution in [-0.2, 0) is 36.5 Å². The Bertz CT molecular complexity index is 2500. The van der Waals surface area contributed by atoms with E-state index in [-0.39, 0.29) is 10.8 Å². The highest BCUT2D eigenvalue weighted by Gasteiger charge is 2.31. The monoisotopic (exact) mass is 979 g/mol. The van der Waals surface area contributed by atoms with Crippen molar-refractivity contribution >= 4 is 77.7 Å². The molecule has 4 aromatic heterocycles. The minimum absolute atomic E-state index is 0.0400. The highest BCUT2D eigenvalue weighted by atomic mass is 32.1. The Morgan fingerprint density at radius 3 is 0.750 bits per heavy atom. The van der Waals surface area contributed by atoms with E-state index < -0.39 is 0 Å². The zero-order valence-corrected chi connectivity index (χ0v) is 47.0. The summed E-state index contributed by atoms with van der Waals surface area (Å²) >= 11 is 8.28. The van der Waals surface area contributed by atoms with Crippen molar-refractivity contribution in [2.24, 2.45) is 0 Å². The van der Waals surface area contributed by atoms with Crippen molar-refractivity contribution in [3.8, 4) is 41.8 Å². The first kappa shape index (κ1) is 51.1. The molecule has 0 amide bonds. The summed E-state index contributed by atoms with van der Waals surface area (Å²) in [5.41, 5.74) is 8.60. The molecule has 0 nitrogen and oxygen atoms in total. The Morgan fingerprint density at radius 2 is 0.544 bits per heavy atom. The lowest BCUT2D eigenvalue weighted by atomic mass is 9.76. The molecule has 0 N–H and O–H groups in total. The number of unbranched alkanes of at least 4 members (excludes halogenated alkanes) is 12. The summed E-state index contributed by atoms with van der Waals surface area (Å²) in [6, 6.07) is 30.5. The number of thiophene rings is 4. The second-order valence-electron chi connectivity index (χ2n) is 22.2. The molecule has 8 rings (SSSR count). The van der Waals surface area contributed by atoms with Crippen molar-refractivity contribution in [2.45, 2.75) is 208 Å². The van der Waals surface area contributed by atoms with Crippen molar-refractivity contribution in [3.05, 3.63) is 103 Å². The fourth-order valence-corrected chi connectivity index (χ4v) is 15.0. The van der Waals surface area contributed by atoms with Crippen LogP contribution in [0.3, 0.4) is 0 Å². The lowest BCUT2D eigenvalue weighted by molar-refractivity contribution is 0.591. The normalized spacial score (nSPS) is 12.6. The van der Waals surface area contributed by atoms with Crippen LogP contribution >= 0.6 is 45.3 Å². The van der Waals surface area contributed by atoms with E-state index in [0.29, 0.717) is 0 Å². The summed E-state index contributed by atoms with van der Waals surface area (Å²) in [7, 11) is 0. The van der Waals surface area contributed by atoms with Crippen LogP contribution in [0.15, 0.2) is 72.8 Å². The standard InChI is InChI=1S/C64H82S4/c1-11-15-19-23-27-45-31-35-53(65-45)59-49-39-43(63(5,6)7)41-51-57(49)58-50(60(59)54-36-32-46(66-54)28-24-20-16-12-2)40-44(64(8,9)10)42-52(58)62(56-38-34-48(68-56)30-26-22-18-14-4)61(51)55-37-33-47(67-55)29-25-21-17-13-3/h31-42H,11-30H2,1-10H3. The zero-order valence-electron chi connectivity index (χ0n) is 43.7. The zero-order chi connectivity index (χ0) is 48.0. The van der Waals surface area contributed by atoms with E-state index in [1.54, 1.807) is 0 Å². The van der Waals surface area contributed by atoms with Gasteiger partial charge in [0.25, 0.3) is 0 Å². The highest BCUT2D eigenvalue weighted by molar-refractivity contribution is 7.17. The maximum atomic E-state index is 2.65. The first-order chi connectivity index (χ1) is 32.8. The van der Waals surface area contributed by atoms with E-state index in [1.807, 2.05) is 0 Å². The molecule has 0 fully saturated rings. The first-order valence-electron chi connectivity index (χ1n) is 27.1. The van der Waals surface area contributed by atoms with Crippen molar-refractivity contribution in [1.82, 2.24) is 0 Å². The van der Waals surface area contributed by atoms with Crippen LogP contribution in [0.5, 0.6) is 0 Å². The summed E-state index contributed by atoms with van der Waals surface area (Å²) in [6.45, 7) is 23.9. The third kappa shape index (κ3) is 11.4. The Kier molecular flexibility index (Phi) is 17.2. The Hall–Kier alpha value is -3.28. The molecule has 8 aromatic rings. The molecule has 0 atom stereocenters. The Balaban J connectivity index is 1.51. The van der Waals surface area contributed by atoms with Gasteiger partial charge in [-0.2, -0.15) is 0 Å². The predicted molar refractivity (Wildman–Crippen MR) is 312 cm³/mol. The summed E-state index contributed by atoms with van der Waals surface area (Å²) in [4.78, 5) is 11.8. The van der Waals surface area contributed by atoms with Gasteiger partial charge in [0.1, 0.15) is 0 Å². The van der Waals surface area contributed by atoms with E-state index in [0.717, 1.165) is 0 Å². The molecule has 4 heteroatoms. The molecule has 4 heterocycles. The fraction of sp³-hybridized carbons (Fsp3) is 0.500. The molecule has 4 aromatic carbocycles. The molecular formula is C64H82S4. The second kappa shape index (κ2) is 22.9. The smallest absolute Gasteiger partial charge is 0.0358 e. The molecule has 0 aliphatic rings. The maximum absolute atomic E-state index is 2.65. The van der Waals surface area contributed by atoms with Crippen LogP contribution in [0.1, 0.15) is 203 Å². The lowest BCUT2D eigenvalue weighted by Gasteiger charge is -2.29. The van der Waals surface area contributed by atoms with Crippen LogP contribution in [-0.4, -0.2) is 0 Å².